The Morgan fingerprint density at radius 2 is 1.71 bits per heavy atom. The van der Waals surface area contributed by atoms with Gasteiger partial charge in [0.1, 0.15) is 6.04 Å². The molecule has 1 aromatic carbocycles. The van der Waals surface area contributed by atoms with Gasteiger partial charge in [-0.15, -0.1) is 0 Å². The number of nitrogens with zero attached hydrogens (tertiary/aromatic N) is 4. The smallest absolute Gasteiger partial charge is 0.254 e. The lowest BCUT2D eigenvalue weighted by molar-refractivity contribution is -0.140. The van der Waals surface area contributed by atoms with Gasteiger partial charge in [0.2, 0.25) is 11.8 Å². The van der Waals surface area contributed by atoms with Crippen LogP contribution >= 0.6 is 0 Å². The molecule has 1 aliphatic heterocycles. The highest BCUT2D eigenvalue weighted by Crippen LogP contribution is 2.28. The molecule has 2 aliphatic rings. The number of aryl methyl sites for hydroxylation is 1. The highest BCUT2D eigenvalue weighted by molar-refractivity contribution is 5.98. The minimum Gasteiger partial charge on any atom is -0.343 e. The van der Waals surface area contributed by atoms with Crippen molar-refractivity contribution in [3.8, 4) is 0 Å². The van der Waals surface area contributed by atoms with Crippen molar-refractivity contribution in [2.45, 2.75) is 51.1 Å². The van der Waals surface area contributed by atoms with Crippen molar-refractivity contribution in [3.05, 3.63) is 30.0 Å². The van der Waals surface area contributed by atoms with Gasteiger partial charge in [-0.1, -0.05) is 25.3 Å². The van der Waals surface area contributed by atoms with Crippen molar-refractivity contribution < 1.29 is 14.4 Å². The van der Waals surface area contributed by atoms with E-state index in [-0.39, 0.29) is 29.7 Å². The minimum atomic E-state index is -0.502. The van der Waals surface area contributed by atoms with Crippen molar-refractivity contribution in [1.82, 2.24) is 30.2 Å². The lowest BCUT2D eigenvalue weighted by Crippen LogP contribution is -2.59. The first kappa shape index (κ1) is 24.2. The molecule has 0 spiro atoms. The van der Waals surface area contributed by atoms with Crippen LogP contribution in [0.4, 0.5) is 0 Å². The van der Waals surface area contributed by atoms with Crippen molar-refractivity contribution >= 4 is 28.6 Å². The number of aromatic nitrogens is 2. The standard InChI is InChI=1S/C25H36N6O3/c1-17(26-2)23(32)28-22(18-7-5-4-6-8-18)25(34)31-13-11-30(12-14-31)24(33)19-9-10-20-16-27-29(3)21(20)15-19/h9-10,15-18,22,26H,4-8,11-14H2,1-3H3,(H,28,32)/t17-,22-/m0/s1. The molecule has 9 heteroatoms. The molecule has 2 heterocycles. The number of carbonyl (C=O) groups excluding carboxylic acids is 3. The van der Waals surface area contributed by atoms with E-state index in [2.05, 4.69) is 15.7 Å². The zero-order chi connectivity index (χ0) is 24.2. The van der Waals surface area contributed by atoms with E-state index in [4.69, 9.17) is 0 Å². The van der Waals surface area contributed by atoms with Crippen LogP contribution in [0.25, 0.3) is 10.9 Å². The largest absolute Gasteiger partial charge is 0.343 e. The van der Waals surface area contributed by atoms with E-state index < -0.39 is 6.04 Å². The summed E-state index contributed by atoms with van der Waals surface area (Å²) >= 11 is 0. The Hall–Kier alpha value is -2.94. The van der Waals surface area contributed by atoms with Crippen LogP contribution in [0.2, 0.25) is 0 Å². The van der Waals surface area contributed by atoms with Gasteiger partial charge in [0.15, 0.2) is 0 Å². The number of rotatable bonds is 6. The van der Waals surface area contributed by atoms with E-state index in [1.165, 1.54) is 6.42 Å². The summed E-state index contributed by atoms with van der Waals surface area (Å²) in [6.07, 6.45) is 7.07. The van der Waals surface area contributed by atoms with Crippen LogP contribution in [0.15, 0.2) is 24.4 Å². The molecule has 1 saturated carbocycles. The minimum absolute atomic E-state index is 0.0213. The quantitative estimate of drug-likeness (QED) is 0.670. The fourth-order valence-corrected chi connectivity index (χ4v) is 5.04. The SMILES string of the molecule is CN[C@@H](C)C(=O)N[C@H](C(=O)N1CCN(C(=O)c2ccc3cnn(C)c3c2)CC1)C1CCCCC1. The highest BCUT2D eigenvalue weighted by atomic mass is 16.2. The predicted molar refractivity (Wildman–Crippen MR) is 130 cm³/mol. The summed E-state index contributed by atoms with van der Waals surface area (Å²) < 4.78 is 1.76. The molecule has 0 bridgehead atoms. The van der Waals surface area contributed by atoms with Gasteiger partial charge in [-0.3, -0.25) is 19.1 Å². The number of carbonyl (C=O) groups is 3. The second-order valence-electron chi connectivity index (χ2n) is 9.55. The van der Waals surface area contributed by atoms with Crippen LogP contribution in [-0.2, 0) is 16.6 Å². The molecular weight excluding hydrogens is 432 g/mol. The molecule has 2 atom stereocenters. The number of hydrogen-bond acceptors (Lipinski definition) is 5. The lowest BCUT2D eigenvalue weighted by atomic mass is 9.83. The van der Waals surface area contributed by atoms with Crippen molar-refractivity contribution in [2.75, 3.05) is 33.2 Å². The van der Waals surface area contributed by atoms with E-state index in [1.807, 2.05) is 30.1 Å². The molecule has 2 aromatic rings. The van der Waals surface area contributed by atoms with Gasteiger partial charge in [0.25, 0.3) is 5.91 Å². The van der Waals surface area contributed by atoms with Crippen LogP contribution in [0, 0.1) is 5.92 Å². The van der Waals surface area contributed by atoms with Gasteiger partial charge < -0.3 is 20.4 Å². The summed E-state index contributed by atoms with van der Waals surface area (Å²) in [4.78, 5) is 42.9. The molecular formula is C25H36N6O3. The highest BCUT2D eigenvalue weighted by Gasteiger charge is 2.36. The summed E-state index contributed by atoms with van der Waals surface area (Å²) in [7, 11) is 3.60. The Kier molecular flexibility index (Phi) is 7.50. The summed E-state index contributed by atoms with van der Waals surface area (Å²) in [5.74, 6) is -0.0348. The number of nitrogens with one attached hydrogen (secondary N) is 2. The van der Waals surface area contributed by atoms with E-state index in [1.54, 1.807) is 29.7 Å². The zero-order valence-corrected chi connectivity index (χ0v) is 20.4. The van der Waals surface area contributed by atoms with Gasteiger partial charge in [-0.25, -0.2) is 0 Å². The van der Waals surface area contributed by atoms with Crippen molar-refractivity contribution in [2.24, 2.45) is 13.0 Å². The Morgan fingerprint density at radius 3 is 2.38 bits per heavy atom. The second kappa shape index (κ2) is 10.5. The Labute approximate surface area is 200 Å². The molecule has 4 rings (SSSR count). The third-order valence-corrected chi connectivity index (χ3v) is 7.39. The Balaban J connectivity index is 1.41. The first-order valence-electron chi connectivity index (χ1n) is 12.4. The maximum Gasteiger partial charge on any atom is 0.254 e. The molecule has 184 valence electrons. The molecule has 3 amide bonds. The summed E-state index contributed by atoms with van der Waals surface area (Å²) in [5.41, 5.74) is 1.55. The molecule has 0 unspecified atom stereocenters. The molecule has 1 saturated heterocycles. The molecule has 34 heavy (non-hydrogen) atoms. The predicted octanol–water partition coefficient (Wildman–Crippen LogP) is 1.53. The van der Waals surface area contributed by atoms with Gasteiger partial charge in [0.05, 0.1) is 17.8 Å². The van der Waals surface area contributed by atoms with Crippen LogP contribution < -0.4 is 10.6 Å². The second-order valence-corrected chi connectivity index (χ2v) is 9.55. The fourth-order valence-electron chi connectivity index (χ4n) is 5.04. The average Bonchev–Trinajstić information content (AvgIpc) is 3.26. The third kappa shape index (κ3) is 5.09. The fraction of sp³-hybridized carbons (Fsp3) is 0.600. The van der Waals surface area contributed by atoms with Crippen LogP contribution in [0.3, 0.4) is 0 Å². The average molecular weight is 469 g/mol. The van der Waals surface area contributed by atoms with Gasteiger partial charge >= 0.3 is 0 Å². The van der Waals surface area contributed by atoms with Gasteiger partial charge in [-0.2, -0.15) is 5.10 Å². The first-order chi connectivity index (χ1) is 16.4. The van der Waals surface area contributed by atoms with Crippen molar-refractivity contribution in [3.63, 3.8) is 0 Å². The number of fused-ring (bicyclic) bond motifs is 1. The lowest BCUT2D eigenvalue weighted by Gasteiger charge is -2.39. The monoisotopic (exact) mass is 468 g/mol. The van der Waals surface area contributed by atoms with Gasteiger partial charge in [-0.05, 0) is 44.9 Å². The molecule has 1 aromatic heterocycles. The van der Waals surface area contributed by atoms with E-state index in [0.717, 1.165) is 36.6 Å². The maximum atomic E-state index is 13.5. The normalized spacial score (nSPS) is 19.1. The summed E-state index contributed by atoms with van der Waals surface area (Å²) in [5, 5.41) is 11.2. The number of likely N-dealkylation sites (N-methyl/N-ethyl adjacent to an activating group) is 1. The number of amides is 3. The van der Waals surface area contributed by atoms with Crippen LogP contribution in [0.1, 0.15) is 49.4 Å². The van der Waals surface area contributed by atoms with Crippen LogP contribution in [-0.4, -0.2) is 82.6 Å². The van der Waals surface area contributed by atoms with Gasteiger partial charge in [0, 0.05) is 44.2 Å². The molecule has 2 N–H and O–H groups in total. The maximum absolute atomic E-state index is 13.5. The molecule has 1 aliphatic carbocycles. The van der Waals surface area contributed by atoms with E-state index in [9.17, 15) is 14.4 Å². The Morgan fingerprint density at radius 1 is 1.03 bits per heavy atom. The molecule has 2 fully saturated rings. The van der Waals surface area contributed by atoms with E-state index >= 15 is 0 Å². The zero-order valence-electron chi connectivity index (χ0n) is 20.4. The topological polar surface area (TPSA) is 99.6 Å². The third-order valence-electron chi connectivity index (χ3n) is 7.39. The molecule has 0 radical (unpaired) electrons. The first-order valence-corrected chi connectivity index (χ1v) is 12.4. The number of piperazine rings is 1. The number of benzene rings is 1. The van der Waals surface area contributed by atoms with Crippen LogP contribution in [0.5, 0.6) is 0 Å². The summed E-state index contributed by atoms with van der Waals surface area (Å²) in [6, 6.07) is 4.77. The van der Waals surface area contributed by atoms with E-state index in [0.29, 0.717) is 31.7 Å². The summed E-state index contributed by atoms with van der Waals surface area (Å²) in [6.45, 7) is 3.70. The van der Waals surface area contributed by atoms with Crippen molar-refractivity contribution in [1.29, 1.82) is 0 Å². The number of hydrogen-bond donors (Lipinski definition) is 2. The Bertz CT molecular complexity index is 1040. The molecule has 9 nitrogen and oxygen atoms in total.